The van der Waals surface area contributed by atoms with Crippen molar-refractivity contribution in [3.05, 3.63) is 53.6 Å². The second-order valence-corrected chi connectivity index (χ2v) is 5.29. The summed E-state index contributed by atoms with van der Waals surface area (Å²) in [5.41, 5.74) is 8.29. The van der Waals surface area contributed by atoms with Gasteiger partial charge in [-0.1, -0.05) is 24.3 Å². The average molecular weight is 315 g/mol. The second kappa shape index (κ2) is 8.44. The van der Waals surface area contributed by atoms with E-state index >= 15 is 0 Å². The molecular weight excluding hydrogens is 290 g/mol. The molecule has 0 aliphatic rings. The summed E-state index contributed by atoms with van der Waals surface area (Å²) in [6.45, 7) is 3.12. The lowest BCUT2D eigenvalue weighted by Gasteiger charge is -2.19. The van der Waals surface area contributed by atoms with Crippen molar-refractivity contribution < 1.29 is 14.2 Å². The standard InChI is InChI=1S/C19H25NO3/c1-4-23-19-15(8-6-10-18(19)22-3)11-16(13-20)14-7-5-9-17(12-14)21-2/h5-10,12,16H,4,11,13,20H2,1-3H3. The largest absolute Gasteiger partial charge is 0.497 e. The van der Waals surface area contributed by atoms with Gasteiger partial charge in [0.15, 0.2) is 11.5 Å². The van der Waals surface area contributed by atoms with E-state index in [-0.39, 0.29) is 5.92 Å². The zero-order valence-corrected chi connectivity index (χ0v) is 14.0. The molecule has 0 aromatic heterocycles. The first-order valence-electron chi connectivity index (χ1n) is 7.86. The van der Waals surface area contributed by atoms with Gasteiger partial charge < -0.3 is 19.9 Å². The fourth-order valence-electron chi connectivity index (χ4n) is 2.69. The maximum absolute atomic E-state index is 6.03. The highest BCUT2D eigenvalue weighted by atomic mass is 16.5. The van der Waals surface area contributed by atoms with E-state index in [4.69, 9.17) is 19.9 Å². The van der Waals surface area contributed by atoms with Crippen LogP contribution in [0, 0.1) is 0 Å². The third-order valence-electron chi connectivity index (χ3n) is 3.89. The van der Waals surface area contributed by atoms with Crippen LogP contribution in [0.5, 0.6) is 17.2 Å². The second-order valence-electron chi connectivity index (χ2n) is 5.29. The van der Waals surface area contributed by atoms with Gasteiger partial charge >= 0.3 is 0 Å². The molecule has 0 saturated carbocycles. The van der Waals surface area contributed by atoms with Gasteiger partial charge in [-0.25, -0.2) is 0 Å². The summed E-state index contributed by atoms with van der Waals surface area (Å²) in [5.74, 6) is 2.60. The molecule has 0 heterocycles. The molecule has 0 aliphatic heterocycles. The highest BCUT2D eigenvalue weighted by molar-refractivity contribution is 5.47. The number of benzene rings is 2. The van der Waals surface area contributed by atoms with Crippen molar-refractivity contribution in [3.8, 4) is 17.2 Å². The Morgan fingerprint density at radius 1 is 1.04 bits per heavy atom. The Morgan fingerprint density at radius 3 is 2.48 bits per heavy atom. The van der Waals surface area contributed by atoms with Crippen molar-refractivity contribution in [1.82, 2.24) is 0 Å². The minimum Gasteiger partial charge on any atom is -0.497 e. The topological polar surface area (TPSA) is 53.7 Å². The fraction of sp³-hybridized carbons (Fsp3) is 0.368. The Kier molecular flexibility index (Phi) is 6.29. The van der Waals surface area contributed by atoms with Gasteiger partial charge in [0.05, 0.1) is 20.8 Å². The predicted molar refractivity (Wildman–Crippen MR) is 92.7 cm³/mol. The number of hydrogen-bond donors (Lipinski definition) is 1. The molecule has 23 heavy (non-hydrogen) atoms. The smallest absolute Gasteiger partial charge is 0.164 e. The molecule has 0 spiro atoms. The minimum atomic E-state index is 0.191. The molecule has 0 fully saturated rings. The molecule has 0 bridgehead atoms. The van der Waals surface area contributed by atoms with Gasteiger partial charge in [0.2, 0.25) is 0 Å². The van der Waals surface area contributed by atoms with Crippen molar-refractivity contribution in [2.24, 2.45) is 5.73 Å². The molecule has 2 rings (SSSR count). The van der Waals surface area contributed by atoms with E-state index in [9.17, 15) is 0 Å². The number of rotatable bonds is 8. The maximum Gasteiger partial charge on any atom is 0.164 e. The maximum atomic E-state index is 6.03. The van der Waals surface area contributed by atoms with E-state index in [2.05, 4.69) is 12.1 Å². The van der Waals surface area contributed by atoms with Gasteiger partial charge in [-0.05, 0) is 49.2 Å². The molecule has 4 nitrogen and oxygen atoms in total. The lowest BCUT2D eigenvalue weighted by molar-refractivity contribution is 0.307. The molecule has 1 atom stereocenters. The molecule has 2 aromatic rings. The molecule has 0 radical (unpaired) electrons. The zero-order valence-electron chi connectivity index (χ0n) is 14.0. The molecule has 4 heteroatoms. The van der Waals surface area contributed by atoms with Gasteiger partial charge in [0, 0.05) is 5.92 Å². The number of hydrogen-bond acceptors (Lipinski definition) is 4. The predicted octanol–water partition coefficient (Wildman–Crippen LogP) is 3.39. The summed E-state index contributed by atoms with van der Waals surface area (Å²) >= 11 is 0. The van der Waals surface area contributed by atoms with Crippen LogP contribution in [0.1, 0.15) is 24.0 Å². The van der Waals surface area contributed by atoms with Crippen LogP contribution < -0.4 is 19.9 Å². The van der Waals surface area contributed by atoms with E-state index in [0.29, 0.717) is 13.2 Å². The summed E-state index contributed by atoms with van der Waals surface area (Å²) in [5, 5.41) is 0. The summed E-state index contributed by atoms with van der Waals surface area (Å²) in [6.07, 6.45) is 0.788. The van der Waals surface area contributed by atoms with Gasteiger partial charge in [-0.3, -0.25) is 0 Å². The number of ether oxygens (including phenoxy) is 3. The molecule has 0 saturated heterocycles. The average Bonchev–Trinajstić information content (AvgIpc) is 2.60. The van der Waals surface area contributed by atoms with Crippen LogP contribution in [-0.2, 0) is 6.42 Å². The Hall–Kier alpha value is -2.20. The van der Waals surface area contributed by atoms with Crippen molar-refractivity contribution in [1.29, 1.82) is 0 Å². The van der Waals surface area contributed by atoms with Gasteiger partial charge in [-0.15, -0.1) is 0 Å². The number of methoxy groups -OCH3 is 2. The Labute approximate surface area is 138 Å². The van der Waals surface area contributed by atoms with Crippen molar-refractivity contribution in [3.63, 3.8) is 0 Å². The third-order valence-corrected chi connectivity index (χ3v) is 3.89. The molecule has 2 aromatic carbocycles. The fourth-order valence-corrected chi connectivity index (χ4v) is 2.69. The first-order chi connectivity index (χ1) is 11.2. The summed E-state index contributed by atoms with van der Waals surface area (Å²) < 4.78 is 16.5. The van der Waals surface area contributed by atoms with E-state index in [0.717, 1.165) is 34.8 Å². The quantitative estimate of drug-likeness (QED) is 0.811. The number of nitrogens with two attached hydrogens (primary N) is 1. The third kappa shape index (κ3) is 4.17. The Bertz CT molecular complexity index is 628. The van der Waals surface area contributed by atoms with Crippen LogP contribution in [0.2, 0.25) is 0 Å². The molecular formula is C19H25NO3. The summed E-state index contributed by atoms with van der Waals surface area (Å²) in [6, 6.07) is 14.0. The lowest BCUT2D eigenvalue weighted by atomic mass is 9.91. The lowest BCUT2D eigenvalue weighted by Crippen LogP contribution is -2.16. The normalized spacial score (nSPS) is 11.8. The van der Waals surface area contributed by atoms with Crippen LogP contribution in [0.3, 0.4) is 0 Å². The summed E-state index contributed by atoms with van der Waals surface area (Å²) in [7, 11) is 3.33. The van der Waals surface area contributed by atoms with Crippen LogP contribution in [0.15, 0.2) is 42.5 Å². The zero-order chi connectivity index (χ0) is 16.7. The molecule has 0 aliphatic carbocycles. The van der Waals surface area contributed by atoms with E-state index < -0.39 is 0 Å². The number of para-hydroxylation sites is 1. The van der Waals surface area contributed by atoms with Gasteiger partial charge in [-0.2, -0.15) is 0 Å². The Morgan fingerprint density at radius 2 is 1.83 bits per heavy atom. The van der Waals surface area contributed by atoms with Crippen LogP contribution in [0.4, 0.5) is 0 Å². The van der Waals surface area contributed by atoms with Crippen LogP contribution in [-0.4, -0.2) is 27.4 Å². The SMILES string of the molecule is CCOc1c(CC(CN)c2cccc(OC)c2)cccc1OC. The summed E-state index contributed by atoms with van der Waals surface area (Å²) in [4.78, 5) is 0. The first-order valence-corrected chi connectivity index (χ1v) is 7.86. The molecule has 124 valence electrons. The van der Waals surface area contributed by atoms with Gasteiger partial charge in [0.25, 0.3) is 0 Å². The first kappa shape index (κ1) is 17.2. The van der Waals surface area contributed by atoms with Gasteiger partial charge in [0.1, 0.15) is 5.75 Å². The monoisotopic (exact) mass is 315 g/mol. The van der Waals surface area contributed by atoms with Crippen LogP contribution in [0.25, 0.3) is 0 Å². The molecule has 0 amide bonds. The van der Waals surface area contributed by atoms with E-state index in [1.165, 1.54) is 0 Å². The minimum absolute atomic E-state index is 0.191. The molecule has 2 N–H and O–H groups in total. The highest BCUT2D eigenvalue weighted by Crippen LogP contribution is 2.34. The highest BCUT2D eigenvalue weighted by Gasteiger charge is 2.17. The van der Waals surface area contributed by atoms with Crippen molar-refractivity contribution >= 4 is 0 Å². The van der Waals surface area contributed by atoms with Crippen LogP contribution >= 0.6 is 0 Å². The van der Waals surface area contributed by atoms with E-state index in [1.807, 2.05) is 37.3 Å². The van der Waals surface area contributed by atoms with E-state index in [1.54, 1.807) is 14.2 Å². The molecule has 1 unspecified atom stereocenters. The Balaban J connectivity index is 2.31. The van der Waals surface area contributed by atoms with Crippen molar-refractivity contribution in [2.75, 3.05) is 27.4 Å². The van der Waals surface area contributed by atoms with Crippen molar-refractivity contribution in [2.45, 2.75) is 19.3 Å².